The van der Waals surface area contributed by atoms with Crippen LogP contribution in [0.2, 0.25) is 0 Å². The molecule has 0 bridgehead atoms. The molecule has 1 aromatic carbocycles. The van der Waals surface area contributed by atoms with Gasteiger partial charge in [0.2, 0.25) is 0 Å². The number of likely N-dealkylation sites (tertiary alicyclic amines) is 1. The third-order valence-corrected chi connectivity index (χ3v) is 5.68. The van der Waals surface area contributed by atoms with Gasteiger partial charge in [0.05, 0.1) is 24.6 Å². The Labute approximate surface area is 163 Å². The summed E-state index contributed by atoms with van der Waals surface area (Å²) in [4.78, 5) is 23.4. The Kier molecular flexibility index (Phi) is 4.87. The van der Waals surface area contributed by atoms with Crippen LogP contribution in [0.15, 0.2) is 48.9 Å². The van der Waals surface area contributed by atoms with Gasteiger partial charge in [0, 0.05) is 31.7 Å². The lowest BCUT2D eigenvalue weighted by Crippen LogP contribution is -2.56. The maximum atomic E-state index is 13.1. The zero-order valence-electron chi connectivity index (χ0n) is 15.8. The lowest BCUT2D eigenvalue weighted by molar-refractivity contribution is -0.0668. The second-order valence-electron chi connectivity index (χ2n) is 7.64. The number of hydrogen-bond acceptors (Lipinski definition) is 5. The Hall–Kier alpha value is -2.77. The van der Waals surface area contributed by atoms with E-state index in [1.807, 2.05) is 37.4 Å². The molecule has 28 heavy (non-hydrogen) atoms. The molecule has 1 aliphatic rings. The normalized spacial score (nSPS) is 22.5. The summed E-state index contributed by atoms with van der Waals surface area (Å²) < 4.78 is 1.80. The molecule has 2 atom stereocenters. The van der Waals surface area contributed by atoms with E-state index in [0.29, 0.717) is 37.0 Å². The molecule has 3 aromatic rings. The molecule has 2 aromatic heterocycles. The molecule has 0 radical (unpaired) electrons. The van der Waals surface area contributed by atoms with Gasteiger partial charge in [0.1, 0.15) is 5.52 Å². The molecule has 0 spiro atoms. The van der Waals surface area contributed by atoms with Crippen LogP contribution in [-0.2, 0) is 13.5 Å². The molecule has 0 unspecified atom stereocenters. The molecule has 7 nitrogen and oxygen atoms in total. The molecule has 146 valence electrons. The predicted molar refractivity (Wildman–Crippen MR) is 105 cm³/mol. The number of fused-ring (bicyclic) bond motifs is 1. The van der Waals surface area contributed by atoms with Crippen molar-refractivity contribution in [2.24, 2.45) is 12.5 Å². The van der Waals surface area contributed by atoms with Crippen molar-refractivity contribution in [3.05, 3.63) is 60.0 Å². The van der Waals surface area contributed by atoms with Gasteiger partial charge < -0.3 is 19.7 Å². The number of amides is 1. The first-order valence-electron chi connectivity index (χ1n) is 9.42. The Balaban J connectivity index is 1.59. The first kappa shape index (κ1) is 18.6. The van der Waals surface area contributed by atoms with E-state index in [9.17, 15) is 15.0 Å². The number of hydrogen-bond donors (Lipinski definition) is 2. The molecule has 4 rings (SSSR count). The Morgan fingerprint density at radius 2 is 2.07 bits per heavy atom. The molecule has 7 heteroatoms. The van der Waals surface area contributed by atoms with Crippen LogP contribution in [0.4, 0.5) is 0 Å². The van der Waals surface area contributed by atoms with E-state index >= 15 is 0 Å². The van der Waals surface area contributed by atoms with E-state index in [1.54, 1.807) is 28.1 Å². The number of carbonyl (C=O) groups is 1. The fourth-order valence-corrected chi connectivity index (χ4v) is 4.03. The van der Waals surface area contributed by atoms with Gasteiger partial charge in [0.25, 0.3) is 5.91 Å². The van der Waals surface area contributed by atoms with Gasteiger partial charge in [-0.25, -0.2) is 9.97 Å². The van der Waals surface area contributed by atoms with Crippen LogP contribution in [-0.4, -0.2) is 61.4 Å². The van der Waals surface area contributed by atoms with Crippen molar-refractivity contribution in [3.63, 3.8) is 0 Å². The van der Waals surface area contributed by atoms with Crippen molar-refractivity contribution in [3.8, 4) is 0 Å². The van der Waals surface area contributed by atoms with Gasteiger partial charge in [-0.2, -0.15) is 0 Å². The smallest absolute Gasteiger partial charge is 0.255 e. The number of rotatable bonds is 4. The van der Waals surface area contributed by atoms with Crippen molar-refractivity contribution < 1.29 is 15.0 Å². The minimum atomic E-state index is -0.780. The lowest BCUT2D eigenvalue weighted by Gasteiger charge is -2.45. The second-order valence-corrected chi connectivity index (χ2v) is 7.64. The molecule has 3 heterocycles. The number of benzene rings is 1. The fourth-order valence-electron chi connectivity index (χ4n) is 4.03. The number of carbonyl (C=O) groups excluding carboxylic acids is 1. The van der Waals surface area contributed by atoms with Crippen LogP contribution in [0.3, 0.4) is 0 Å². The quantitative estimate of drug-likeness (QED) is 0.714. The predicted octanol–water partition coefficient (Wildman–Crippen LogP) is 1.40. The summed E-state index contributed by atoms with van der Waals surface area (Å²) in [5, 5.41) is 20.8. The van der Waals surface area contributed by atoms with Crippen molar-refractivity contribution in [2.45, 2.75) is 18.9 Å². The zero-order valence-corrected chi connectivity index (χ0v) is 15.8. The topological polar surface area (TPSA) is 91.5 Å². The number of aliphatic hydroxyl groups excluding tert-OH is 2. The average molecular weight is 380 g/mol. The number of aliphatic hydroxyl groups is 2. The minimum Gasteiger partial charge on any atom is -0.396 e. The molecule has 1 aliphatic heterocycles. The van der Waals surface area contributed by atoms with Crippen molar-refractivity contribution in [1.82, 2.24) is 19.4 Å². The molecule has 0 aliphatic carbocycles. The van der Waals surface area contributed by atoms with Gasteiger partial charge in [-0.3, -0.25) is 4.79 Å². The van der Waals surface area contributed by atoms with Crippen molar-refractivity contribution in [2.75, 3.05) is 19.7 Å². The standard InChI is InChI=1S/C21H24N4O3/c1-24-14-23-17-9-16(11-22-19(17)24)20(28)25-8-7-18(27)21(12-25,13-26)10-15-5-3-2-4-6-15/h2-6,9,11,14,18,26-27H,7-8,10,12-13H2,1H3/t18-,21+/m1/s1. The summed E-state index contributed by atoms with van der Waals surface area (Å²) in [6, 6.07) is 11.5. The highest BCUT2D eigenvalue weighted by atomic mass is 16.3. The number of nitrogens with zero attached hydrogens (tertiary/aromatic N) is 4. The zero-order chi connectivity index (χ0) is 19.7. The van der Waals surface area contributed by atoms with Crippen LogP contribution in [0.5, 0.6) is 0 Å². The van der Waals surface area contributed by atoms with Gasteiger partial charge in [0.15, 0.2) is 5.65 Å². The van der Waals surface area contributed by atoms with Gasteiger partial charge >= 0.3 is 0 Å². The number of pyridine rings is 1. The average Bonchev–Trinajstić information content (AvgIpc) is 3.10. The van der Waals surface area contributed by atoms with E-state index < -0.39 is 11.5 Å². The summed E-state index contributed by atoms with van der Waals surface area (Å²) in [6.07, 6.45) is 3.50. The second kappa shape index (κ2) is 7.33. The van der Waals surface area contributed by atoms with Gasteiger partial charge in [-0.05, 0) is 24.5 Å². The van der Waals surface area contributed by atoms with E-state index in [1.165, 1.54) is 0 Å². The molecular weight excluding hydrogens is 356 g/mol. The molecular formula is C21H24N4O3. The highest BCUT2D eigenvalue weighted by Crippen LogP contribution is 2.34. The Morgan fingerprint density at radius 1 is 1.29 bits per heavy atom. The Bertz CT molecular complexity index is 988. The van der Waals surface area contributed by atoms with E-state index in [-0.39, 0.29) is 12.5 Å². The van der Waals surface area contributed by atoms with Crippen LogP contribution >= 0.6 is 0 Å². The van der Waals surface area contributed by atoms with Gasteiger partial charge in [-0.1, -0.05) is 30.3 Å². The fraction of sp³-hybridized carbons (Fsp3) is 0.381. The maximum Gasteiger partial charge on any atom is 0.255 e. The van der Waals surface area contributed by atoms with Crippen molar-refractivity contribution in [1.29, 1.82) is 0 Å². The number of aromatic nitrogens is 3. The van der Waals surface area contributed by atoms with Crippen LogP contribution in [0, 0.1) is 5.41 Å². The molecule has 1 saturated heterocycles. The minimum absolute atomic E-state index is 0.155. The highest BCUT2D eigenvalue weighted by Gasteiger charge is 2.44. The summed E-state index contributed by atoms with van der Waals surface area (Å²) in [5.74, 6) is -0.155. The highest BCUT2D eigenvalue weighted by molar-refractivity contribution is 5.96. The lowest BCUT2D eigenvalue weighted by atomic mass is 9.73. The van der Waals surface area contributed by atoms with E-state index in [2.05, 4.69) is 9.97 Å². The van der Waals surface area contributed by atoms with Gasteiger partial charge in [-0.15, -0.1) is 0 Å². The maximum absolute atomic E-state index is 13.1. The third-order valence-electron chi connectivity index (χ3n) is 5.68. The Morgan fingerprint density at radius 3 is 2.82 bits per heavy atom. The number of imidazole rings is 1. The molecule has 1 fully saturated rings. The summed E-state index contributed by atoms with van der Waals surface area (Å²) >= 11 is 0. The summed E-state index contributed by atoms with van der Waals surface area (Å²) in [5.41, 5.74) is 2.11. The first-order chi connectivity index (χ1) is 13.5. The van der Waals surface area contributed by atoms with E-state index in [4.69, 9.17) is 0 Å². The summed E-state index contributed by atoms with van der Waals surface area (Å²) in [7, 11) is 1.86. The molecule has 0 saturated carbocycles. The van der Waals surface area contributed by atoms with Crippen molar-refractivity contribution >= 4 is 17.1 Å². The molecule has 2 N–H and O–H groups in total. The van der Waals surface area contributed by atoms with Crippen LogP contribution < -0.4 is 0 Å². The third kappa shape index (κ3) is 3.27. The van der Waals surface area contributed by atoms with Crippen LogP contribution in [0.1, 0.15) is 22.3 Å². The SMILES string of the molecule is Cn1cnc2cc(C(=O)N3CC[C@@H](O)[C@@](CO)(Cc4ccccc4)C3)cnc21. The number of aryl methyl sites for hydroxylation is 1. The largest absolute Gasteiger partial charge is 0.396 e. The summed E-state index contributed by atoms with van der Waals surface area (Å²) in [6.45, 7) is 0.541. The first-order valence-corrected chi connectivity index (χ1v) is 9.42. The number of piperidine rings is 1. The van der Waals surface area contributed by atoms with Crippen LogP contribution in [0.25, 0.3) is 11.2 Å². The van der Waals surface area contributed by atoms with E-state index in [0.717, 1.165) is 11.2 Å². The molecule has 1 amide bonds. The monoisotopic (exact) mass is 380 g/mol.